The molecule has 0 aromatic heterocycles. The first-order valence-electron chi connectivity index (χ1n) is 3.93. The molecule has 0 saturated heterocycles. The zero-order chi connectivity index (χ0) is 7.72. The molecule has 0 aromatic rings. The monoisotopic (exact) mass is 146 g/mol. The van der Waals surface area contributed by atoms with Crippen molar-refractivity contribution in [3.05, 3.63) is 0 Å². The van der Waals surface area contributed by atoms with Crippen LogP contribution in [0.1, 0.15) is 26.7 Å². The van der Waals surface area contributed by atoms with Crippen LogP contribution in [0.4, 0.5) is 4.39 Å². The van der Waals surface area contributed by atoms with E-state index in [0.717, 1.165) is 0 Å². The fourth-order valence-corrected chi connectivity index (χ4v) is 1.51. The molecule has 10 heavy (non-hydrogen) atoms. The number of halogens is 1. The standard InChI is InChI=1S/C8H15FO/c1-5-3-7(9)8(10)4-6(5)2/h5-8,10H,3-4H2,1-2H3/t5-,6+,7+,8-/m1/s1. The Hall–Kier alpha value is -0.110. The molecule has 0 radical (unpaired) electrons. The Morgan fingerprint density at radius 1 is 1.20 bits per heavy atom. The molecule has 1 aliphatic rings. The van der Waals surface area contributed by atoms with E-state index in [1.165, 1.54) is 0 Å². The van der Waals surface area contributed by atoms with Crippen LogP contribution in [0.15, 0.2) is 0 Å². The van der Waals surface area contributed by atoms with Gasteiger partial charge in [-0.2, -0.15) is 0 Å². The van der Waals surface area contributed by atoms with Crippen molar-refractivity contribution in [2.24, 2.45) is 11.8 Å². The Morgan fingerprint density at radius 3 is 2.20 bits per heavy atom. The van der Waals surface area contributed by atoms with Gasteiger partial charge in [0.2, 0.25) is 0 Å². The molecule has 0 aliphatic heterocycles. The van der Waals surface area contributed by atoms with E-state index in [1.54, 1.807) is 0 Å². The van der Waals surface area contributed by atoms with Crippen LogP contribution in [0.5, 0.6) is 0 Å². The first kappa shape index (κ1) is 7.99. The maximum Gasteiger partial charge on any atom is 0.126 e. The Bertz CT molecular complexity index is 89.8. The number of aliphatic hydroxyl groups is 1. The summed E-state index contributed by atoms with van der Waals surface area (Å²) >= 11 is 0. The highest BCUT2D eigenvalue weighted by Crippen LogP contribution is 2.31. The van der Waals surface area contributed by atoms with Gasteiger partial charge in [-0.15, -0.1) is 0 Å². The number of hydrogen-bond donors (Lipinski definition) is 1. The maximum absolute atomic E-state index is 12.8. The Kier molecular flexibility index (Phi) is 2.29. The van der Waals surface area contributed by atoms with Gasteiger partial charge in [-0.25, -0.2) is 4.39 Å². The van der Waals surface area contributed by atoms with Crippen LogP contribution in [0.2, 0.25) is 0 Å². The molecular formula is C8H15FO. The highest BCUT2D eigenvalue weighted by molar-refractivity contribution is 4.81. The van der Waals surface area contributed by atoms with Crippen molar-refractivity contribution in [1.82, 2.24) is 0 Å². The molecule has 1 aliphatic carbocycles. The second-order valence-electron chi connectivity index (χ2n) is 3.51. The number of aliphatic hydroxyl groups excluding tert-OH is 1. The van der Waals surface area contributed by atoms with Gasteiger partial charge >= 0.3 is 0 Å². The summed E-state index contributed by atoms with van der Waals surface area (Å²) in [7, 11) is 0. The average Bonchev–Trinajstić information content (AvgIpc) is 1.84. The highest BCUT2D eigenvalue weighted by Gasteiger charge is 2.31. The second kappa shape index (κ2) is 2.87. The Balaban J connectivity index is 2.46. The molecule has 1 fully saturated rings. The zero-order valence-corrected chi connectivity index (χ0v) is 6.55. The van der Waals surface area contributed by atoms with Crippen LogP contribution in [0.25, 0.3) is 0 Å². The number of rotatable bonds is 0. The van der Waals surface area contributed by atoms with Crippen molar-refractivity contribution in [1.29, 1.82) is 0 Å². The van der Waals surface area contributed by atoms with Crippen molar-refractivity contribution in [3.8, 4) is 0 Å². The fourth-order valence-electron chi connectivity index (χ4n) is 1.51. The highest BCUT2D eigenvalue weighted by atomic mass is 19.1. The summed E-state index contributed by atoms with van der Waals surface area (Å²) < 4.78 is 12.8. The fraction of sp³-hybridized carbons (Fsp3) is 1.00. The van der Waals surface area contributed by atoms with E-state index in [1.807, 2.05) is 6.92 Å². The summed E-state index contributed by atoms with van der Waals surface area (Å²) in [6, 6.07) is 0. The van der Waals surface area contributed by atoms with Crippen molar-refractivity contribution < 1.29 is 9.50 Å². The van der Waals surface area contributed by atoms with Crippen LogP contribution in [-0.4, -0.2) is 17.4 Å². The first-order chi connectivity index (χ1) is 4.61. The second-order valence-corrected chi connectivity index (χ2v) is 3.51. The molecule has 1 saturated carbocycles. The zero-order valence-electron chi connectivity index (χ0n) is 6.55. The van der Waals surface area contributed by atoms with Gasteiger partial charge in [0.1, 0.15) is 6.17 Å². The summed E-state index contributed by atoms with van der Waals surface area (Å²) in [4.78, 5) is 0. The van der Waals surface area contributed by atoms with Gasteiger partial charge in [0.15, 0.2) is 0 Å². The lowest BCUT2D eigenvalue weighted by molar-refractivity contribution is 0.00437. The Morgan fingerprint density at radius 2 is 1.70 bits per heavy atom. The van der Waals surface area contributed by atoms with Gasteiger partial charge in [-0.1, -0.05) is 13.8 Å². The van der Waals surface area contributed by atoms with E-state index in [2.05, 4.69) is 6.92 Å². The van der Waals surface area contributed by atoms with Crippen LogP contribution < -0.4 is 0 Å². The summed E-state index contributed by atoms with van der Waals surface area (Å²) in [6.07, 6.45) is -0.526. The Labute approximate surface area is 61.2 Å². The molecule has 1 N–H and O–H groups in total. The van der Waals surface area contributed by atoms with E-state index in [-0.39, 0.29) is 0 Å². The van der Waals surface area contributed by atoms with E-state index in [4.69, 9.17) is 5.11 Å². The van der Waals surface area contributed by atoms with Crippen LogP contribution in [0.3, 0.4) is 0 Å². The first-order valence-corrected chi connectivity index (χ1v) is 3.93. The lowest BCUT2D eigenvalue weighted by Crippen LogP contribution is -2.34. The van der Waals surface area contributed by atoms with Crippen LogP contribution in [-0.2, 0) is 0 Å². The van der Waals surface area contributed by atoms with Gasteiger partial charge in [0.05, 0.1) is 6.10 Å². The molecule has 60 valence electrons. The van der Waals surface area contributed by atoms with Gasteiger partial charge in [0.25, 0.3) is 0 Å². The number of alkyl halides is 1. The third kappa shape index (κ3) is 1.48. The molecule has 0 heterocycles. The molecule has 0 spiro atoms. The predicted molar refractivity (Wildman–Crippen MR) is 38.5 cm³/mol. The topological polar surface area (TPSA) is 20.2 Å². The molecule has 1 nitrogen and oxygen atoms in total. The van der Waals surface area contributed by atoms with Crippen molar-refractivity contribution in [2.75, 3.05) is 0 Å². The summed E-state index contributed by atoms with van der Waals surface area (Å²) in [6.45, 7) is 4.11. The van der Waals surface area contributed by atoms with Gasteiger partial charge in [-0.05, 0) is 24.7 Å². The van der Waals surface area contributed by atoms with Crippen molar-refractivity contribution in [3.63, 3.8) is 0 Å². The van der Waals surface area contributed by atoms with Gasteiger partial charge in [0, 0.05) is 0 Å². The van der Waals surface area contributed by atoms with Crippen molar-refractivity contribution >= 4 is 0 Å². The maximum atomic E-state index is 12.8. The van der Waals surface area contributed by atoms with Crippen LogP contribution in [0, 0.1) is 11.8 Å². The van der Waals surface area contributed by atoms with E-state index in [9.17, 15) is 4.39 Å². The van der Waals surface area contributed by atoms with E-state index in [0.29, 0.717) is 24.7 Å². The third-order valence-electron chi connectivity index (χ3n) is 2.60. The summed E-state index contributed by atoms with van der Waals surface area (Å²) in [5.41, 5.74) is 0. The molecule has 1 rings (SSSR count). The largest absolute Gasteiger partial charge is 0.390 e. The molecule has 2 heteroatoms. The minimum atomic E-state index is -0.980. The smallest absolute Gasteiger partial charge is 0.126 e. The molecule has 0 bridgehead atoms. The quantitative estimate of drug-likeness (QED) is 0.552. The minimum absolute atomic E-state index is 0.429. The molecule has 0 amide bonds. The normalized spacial score (nSPS) is 49.2. The average molecular weight is 146 g/mol. The summed E-state index contributed by atoms with van der Waals surface area (Å²) in [5.74, 6) is 0.903. The van der Waals surface area contributed by atoms with E-state index < -0.39 is 12.3 Å². The predicted octanol–water partition coefficient (Wildman–Crippen LogP) is 1.75. The van der Waals surface area contributed by atoms with Gasteiger partial charge in [-0.3, -0.25) is 0 Å². The lowest BCUT2D eigenvalue weighted by Gasteiger charge is -2.31. The van der Waals surface area contributed by atoms with Crippen molar-refractivity contribution in [2.45, 2.75) is 39.0 Å². The third-order valence-corrected chi connectivity index (χ3v) is 2.60. The number of hydrogen-bond acceptors (Lipinski definition) is 1. The minimum Gasteiger partial charge on any atom is -0.390 e. The molecule has 4 atom stereocenters. The molecule has 0 unspecified atom stereocenters. The van der Waals surface area contributed by atoms with Crippen LogP contribution >= 0.6 is 0 Å². The summed E-state index contributed by atoms with van der Waals surface area (Å²) in [5, 5.41) is 9.09. The van der Waals surface area contributed by atoms with E-state index >= 15 is 0 Å². The van der Waals surface area contributed by atoms with Gasteiger partial charge < -0.3 is 5.11 Å². The SMILES string of the molecule is C[C@@H]1C[C@H](F)[C@H](O)C[C@@H]1C. The molecule has 0 aromatic carbocycles. The lowest BCUT2D eigenvalue weighted by atomic mass is 9.79. The molecular weight excluding hydrogens is 131 g/mol.